The number of para-hydroxylation sites is 1. The third-order valence-electron chi connectivity index (χ3n) is 11.3. The quantitative estimate of drug-likeness (QED) is 0.163. The Morgan fingerprint density at radius 3 is 1.47 bits per heavy atom. The van der Waals surface area contributed by atoms with Crippen molar-refractivity contribution in [2.24, 2.45) is 0 Å². The molecule has 1 aliphatic rings. The molecule has 3 nitrogen and oxygen atoms in total. The van der Waals surface area contributed by atoms with Crippen molar-refractivity contribution >= 4 is 10.8 Å². The standard InChI is InChI=1S/C56H36N2O/c1-5-16-37(17-6-1)39-30-32-43(33-31-39)56-57-50(40-20-9-3-10-21-40)36-51(58-56)49-35-44(38-18-7-2-8-19-38)34-48(53(49)41-22-11-4-12-23-41)47-28-15-27-46-45-26-13-24-42-25-14-29-52(54(42)45)59-55(46)47/h1-36H. The van der Waals surface area contributed by atoms with E-state index in [1.165, 1.54) is 11.1 Å². The fourth-order valence-electron chi connectivity index (χ4n) is 8.48. The van der Waals surface area contributed by atoms with E-state index in [1.807, 2.05) is 12.1 Å². The lowest BCUT2D eigenvalue weighted by molar-refractivity contribution is 0.489. The Hall–Kier alpha value is -7.88. The first kappa shape index (κ1) is 34.4. The molecule has 276 valence electrons. The fourth-order valence-corrected chi connectivity index (χ4v) is 8.48. The third kappa shape index (κ3) is 6.26. The van der Waals surface area contributed by atoms with E-state index >= 15 is 0 Å². The van der Waals surface area contributed by atoms with Gasteiger partial charge in [0.05, 0.1) is 11.4 Å². The molecule has 11 rings (SSSR count). The Morgan fingerprint density at radius 2 is 0.797 bits per heavy atom. The largest absolute Gasteiger partial charge is 0.455 e. The highest BCUT2D eigenvalue weighted by atomic mass is 16.5. The second-order valence-electron chi connectivity index (χ2n) is 14.9. The van der Waals surface area contributed by atoms with E-state index in [0.717, 1.165) is 94.9 Å². The summed E-state index contributed by atoms with van der Waals surface area (Å²) in [5.74, 6) is 2.38. The van der Waals surface area contributed by atoms with Crippen LogP contribution in [-0.2, 0) is 0 Å². The molecular weight excluding hydrogens is 717 g/mol. The minimum absolute atomic E-state index is 0.664. The molecule has 1 aliphatic heterocycles. The van der Waals surface area contributed by atoms with Crippen molar-refractivity contribution in [1.82, 2.24) is 9.97 Å². The first-order valence-electron chi connectivity index (χ1n) is 20.0. The Labute approximate surface area is 343 Å². The van der Waals surface area contributed by atoms with Gasteiger partial charge in [-0.2, -0.15) is 0 Å². The lowest BCUT2D eigenvalue weighted by Crippen LogP contribution is -2.01. The Kier molecular flexibility index (Phi) is 8.49. The SMILES string of the molecule is c1ccc(-c2ccc(-c3nc(-c4ccccc4)cc(-c4cc(-c5ccccc5)cc(-c5cccc6c5Oc5cccc7cccc-6c57)c4-c4ccccc4)n3)cc2)cc1. The second kappa shape index (κ2) is 14.6. The van der Waals surface area contributed by atoms with Crippen LogP contribution in [0.25, 0.3) is 100 Å². The molecule has 3 heteroatoms. The monoisotopic (exact) mass is 752 g/mol. The smallest absolute Gasteiger partial charge is 0.160 e. The molecule has 0 amide bonds. The van der Waals surface area contributed by atoms with Crippen LogP contribution in [0, 0.1) is 0 Å². The topological polar surface area (TPSA) is 35.0 Å². The van der Waals surface area contributed by atoms with Crippen LogP contribution in [0.4, 0.5) is 0 Å². The van der Waals surface area contributed by atoms with Gasteiger partial charge in [0.15, 0.2) is 5.82 Å². The van der Waals surface area contributed by atoms with Gasteiger partial charge in [-0.15, -0.1) is 0 Å². The van der Waals surface area contributed by atoms with Gasteiger partial charge in [0.1, 0.15) is 11.5 Å². The van der Waals surface area contributed by atoms with Crippen molar-refractivity contribution in [2.45, 2.75) is 0 Å². The lowest BCUT2D eigenvalue weighted by atomic mass is 9.84. The minimum atomic E-state index is 0.664. The maximum absolute atomic E-state index is 6.99. The van der Waals surface area contributed by atoms with Gasteiger partial charge in [-0.05, 0) is 74.2 Å². The van der Waals surface area contributed by atoms with Crippen LogP contribution in [0.1, 0.15) is 0 Å². The van der Waals surface area contributed by atoms with Crippen LogP contribution in [0.5, 0.6) is 11.5 Å². The van der Waals surface area contributed by atoms with Crippen LogP contribution >= 0.6 is 0 Å². The summed E-state index contributed by atoms with van der Waals surface area (Å²) in [6, 6.07) is 76.8. The van der Waals surface area contributed by atoms with E-state index < -0.39 is 0 Å². The molecule has 1 aromatic heterocycles. The van der Waals surface area contributed by atoms with Crippen molar-refractivity contribution in [2.75, 3.05) is 0 Å². The van der Waals surface area contributed by atoms with E-state index in [-0.39, 0.29) is 0 Å². The fraction of sp³-hybridized carbons (Fsp3) is 0. The zero-order valence-corrected chi connectivity index (χ0v) is 32.1. The highest BCUT2D eigenvalue weighted by molar-refractivity contribution is 6.07. The molecule has 0 N–H and O–H groups in total. The summed E-state index contributed by atoms with van der Waals surface area (Å²) in [6.07, 6.45) is 0. The highest BCUT2D eigenvalue weighted by Gasteiger charge is 2.26. The van der Waals surface area contributed by atoms with Crippen molar-refractivity contribution in [3.8, 4) is 101 Å². The first-order valence-corrected chi connectivity index (χ1v) is 20.0. The van der Waals surface area contributed by atoms with Crippen molar-refractivity contribution < 1.29 is 4.74 Å². The number of hydrogen-bond donors (Lipinski definition) is 0. The molecule has 0 spiro atoms. The Balaban J connectivity index is 1.19. The maximum Gasteiger partial charge on any atom is 0.160 e. The van der Waals surface area contributed by atoms with Crippen LogP contribution in [0.15, 0.2) is 218 Å². The minimum Gasteiger partial charge on any atom is -0.455 e. The first-order chi connectivity index (χ1) is 29.2. The van der Waals surface area contributed by atoms with E-state index in [1.54, 1.807) is 0 Å². The van der Waals surface area contributed by atoms with Crippen molar-refractivity contribution in [1.29, 1.82) is 0 Å². The summed E-state index contributed by atoms with van der Waals surface area (Å²) in [5.41, 5.74) is 15.7. The van der Waals surface area contributed by atoms with E-state index in [4.69, 9.17) is 14.7 Å². The number of rotatable bonds is 7. The van der Waals surface area contributed by atoms with Crippen LogP contribution in [0.3, 0.4) is 0 Å². The number of ether oxygens (including phenoxy) is 1. The highest BCUT2D eigenvalue weighted by Crippen LogP contribution is 2.53. The van der Waals surface area contributed by atoms with Crippen LogP contribution in [0.2, 0.25) is 0 Å². The summed E-state index contributed by atoms with van der Waals surface area (Å²) < 4.78 is 6.99. The molecule has 0 aliphatic carbocycles. The van der Waals surface area contributed by atoms with Gasteiger partial charge in [-0.3, -0.25) is 0 Å². The van der Waals surface area contributed by atoms with Gasteiger partial charge in [0.2, 0.25) is 0 Å². The van der Waals surface area contributed by atoms with Gasteiger partial charge in [0.25, 0.3) is 0 Å². The lowest BCUT2D eigenvalue weighted by Gasteiger charge is -2.25. The predicted octanol–water partition coefficient (Wildman–Crippen LogP) is 15.1. The molecule has 0 radical (unpaired) electrons. The van der Waals surface area contributed by atoms with Gasteiger partial charge >= 0.3 is 0 Å². The van der Waals surface area contributed by atoms with Crippen molar-refractivity contribution in [3.05, 3.63) is 218 Å². The number of aromatic nitrogens is 2. The number of benzene rings is 9. The summed E-state index contributed by atoms with van der Waals surface area (Å²) in [7, 11) is 0. The molecule has 0 saturated heterocycles. The molecule has 0 unspecified atom stereocenters. The van der Waals surface area contributed by atoms with Gasteiger partial charge in [0, 0.05) is 33.2 Å². The normalized spacial score (nSPS) is 11.5. The van der Waals surface area contributed by atoms with E-state index in [9.17, 15) is 0 Å². The zero-order chi connectivity index (χ0) is 39.1. The summed E-state index contributed by atoms with van der Waals surface area (Å²) in [6.45, 7) is 0. The number of fused-ring (bicyclic) bond motifs is 2. The molecule has 0 fully saturated rings. The third-order valence-corrected chi connectivity index (χ3v) is 11.3. The van der Waals surface area contributed by atoms with Crippen molar-refractivity contribution in [3.63, 3.8) is 0 Å². The molecular formula is C56H36N2O. The van der Waals surface area contributed by atoms with Gasteiger partial charge < -0.3 is 4.74 Å². The zero-order valence-electron chi connectivity index (χ0n) is 32.1. The average Bonchev–Trinajstić information content (AvgIpc) is 3.32. The second-order valence-corrected chi connectivity index (χ2v) is 14.9. The number of hydrogen-bond acceptors (Lipinski definition) is 3. The van der Waals surface area contributed by atoms with Crippen LogP contribution in [-0.4, -0.2) is 9.97 Å². The van der Waals surface area contributed by atoms with Crippen LogP contribution < -0.4 is 4.74 Å². The Bertz CT molecular complexity index is 3140. The predicted molar refractivity (Wildman–Crippen MR) is 243 cm³/mol. The number of nitrogens with zero attached hydrogens (tertiary/aromatic N) is 2. The van der Waals surface area contributed by atoms with E-state index in [0.29, 0.717) is 5.82 Å². The molecule has 0 bridgehead atoms. The summed E-state index contributed by atoms with van der Waals surface area (Å²) in [4.78, 5) is 10.7. The molecule has 10 aromatic rings. The van der Waals surface area contributed by atoms with Gasteiger partial charge in [-0.1, -0.05) is 194 Å². The molecule has 0 atom stereocenters. The Morgan fingerprint density at radius 1 is 0.305 bits per heavy atom. The summed E-state index contributed by atoms with van der Waals surface area (Å²) in [5, 5.41) is 2.30. The molecule has 9 aromatic carbocycles. The maximum atomic E-state index is 6.99. The van der Waals surface area contributed by atoms with Gasteiger partial charge in [-0.25, -0.2) is 9.97 Å². The molecule has 59 heavy (non-hydrogen) atoms. The molecule has 0 saturated carbocycles. The van der Waals surface area contributed by atoms with E-state index in [2.05, 4.69) is 206 Å². The summed E-state index contributed by atoms with van der Waals surface area (Å²) >= 11 is 0. The average molecular weight is 753 g/mol. The molecule has 2 heterocycles.